The highest BCUT2D eigenvalue weighted by Crippen LogP contribution is 2.32. The predicted molar refractivity (Wildman–Crippen MR) is 118 cm³/mol. The summed E-state index contributed by atoms with van der Waals surface area (Å²) in [7, 11) is 1.73. The van der Waals surface area contributed by atoms with Crippen LogP contribution < -0.4 is 11.1 Å². The van der Waals surface area contributed by atoms with Gasteiger partial charge in [0, 0.05) is 32.2 Å². The first-order valence-electron chi connectivity index (χ1n) is 10.8. The van der Waals surface area contributed by atoms with Gasteiger partial charge in [0.05, 0.1) is 5.52 Å². The van der Waals surface area contributed by atoms with E-state index in [0.717, 1.165) is 43.2 Å². The van der Waals surface area contributed by atoms with Crippen molar-refractivity contribution in [3.63, 3.8) is 0 Å². The molecule has 1 N–H and O–H groups in total. The minimum Gasteiger partial charge on any atom is -0.407 e. The smallest absolute Gasteiger partial charge is 0.407 e. The van der Waals surface area contributed by atoms with Crippen LogP contribution in [-0.4, -0.2) is 35.1 Å². The van der Waals surface area contributed by atoms with Crippen molar-refractivity contribution in [2.45, 2.75) is 38.0 Å². The zero-order valence-corrected chi connectivity index (χ0v) is 17.5. The first-order valence-corrected chi connectivity index (χ1v) is 10.8. The summed E-state index contributed by atoms with van der Waals surface area (Å²) < 4.78 is 7.02. The summed E-state index contributed by atoms with van der Waals surface area (Å²) in [5.74, 6) is -0.0318. The van der Waals surface area contributed by atoms with E-state index in [-0.39, 0.29) is 11.8 Å². The molecule has 30 heavy (non-hydrogen) atoms. The predicted octanol–water partition coefficient (Wildman–Crippen LogP) is 4.04. The largest absolute Gasteiger partial charge is 0.419 e. The molecule has 0 spiro atoms. The molecule has 0 bridgehead atoms. The molecular weight excluding hydrogens is 378 g/mol. The lowest BCUT2D eigenvalue weighted by atomic mass is 9.89. The third-order valence-corrected chi connectivity index (χ3v) is 6.08. The van der Waals surface area contributed by atoms with E-state index in [1.54, 1.807) is 11.6 Å². The maximum Gasteiger partial charge on any atom is 0.419 e. The molecule has 158 valence electrons. The van der Waals surface area contributed by atoms with Crippen molar-refractivity contribution in [3.8, 4) is 0 Å². The normalized spacial score (nSPS) is 14.9. The number of hydrogen-bond acceptors (Lipinski definition) is 3. The highest BCUT2D eigenvalue weighted by Gasteiger charge is 2.26. The van der Waals surface area contributed by atoms with Crippen molar-refractivity contribution >= 4 is 17.1 Å². The number of aryl methyl sites for hydroxylation is 2. The van der Waals surface area contributed by atoms with Gasteiger partial charge in [0.15, 0.2) is 5.58 Å². The number of likely N-dealkylation sites (tertiary alicyclic amines) is 1. The fourth-order valence-electron chi connectivity index (χ4n) is 4.29. The molecule has 2 aromatic carbocycles. The minimum absolute atomic E-state index is 0.0256. The number of nitrogens with one attached hydrogen (secondary N) is 1. The van der Waals surface area contributed by atoms with Gasteiger partial charge in [0.25, 0.3) is 0 Å². The number of carbonyl (C=O) groups excluding carboxylic acids is 1. The van der Waals surface area contributed by atoms with Gasteiger partial charge in [-0.2, -0.15) is 0 Å². The quantitative estimate of drug-likeness (QED) is 0.627. The number of urea groups is 1. The van der Waals surface area contributed by atoms with Gasteiger partial charge < -0.3 is 14.6 Å². The van der Waals surface area contributed by atoms with Crippen LogP contribution in [0.3, 0.4) is 0 Å². The summed E-state index contributed by atoms with van der Waals surface area (Å²) in [5.41, 5.74) is 3.93. The minimum atomic E-state index is -0.332. The Hall–Kier alpha value is -3.02. The lowest BCUT2D eigenvalue weighted by Gasteiger charge is -2.32. The topological polar surface area (TPSA) is 67.5 Å². The molecule has 2 amide bonds. The van der Waals surface area contributed by atoms with Crippen LogP contribution >= 0.6 is 0 Å². The van der Waals surface area contributed by atoms with Crippen LogP contribution in [-0.2, 0) is 13.5 Å². The number of para-hydroxylation sites is 1. The van der Waals surface area contributed by atoms with Gasteiger partial charge in [-0.1, -0.05) is 42.5 Å². The maximum absolute atomic E-state index is 12.5. The number of oxazole rings is 1. The third kappa shape index (κ3) is 4.42. The number of hydrogen-bond donors (Lipinski definition) is 1. The fraction of sp³-hybridized carbons (Fsp3) is 0.417. The SMILES string of the molecule is Cn1c(=O)oc2c(C3CCN(C(=O)NCCCCc4ccccc4)CC3)cccc21. The van der Waals surface area contributed by atoms with Gasteiger partial charge in [-0.3, -0.25) is 4.57 Å². The van der Waals surface area contributed by atoms with Gasteiger partial charge in [0.2, 0.25) is 0 Å². The Balaban J connectivity index is 1.24. The second kappa shape index (κ2) is 9.20. The van der Waals surface area contributed by atoms with Gasteiger partial charge in [-0.05, 0) is 49.7 Å². The molecule has 2 heterocycles. The van der Waals surface area contributed by atoms with Crippen LogP contribution in [0.1, 0.15) is 42.7 Å². The number of fused-ring (bicyclic) bond motifs is 1. The van der Waals surface area contributed by atoms with Crippen LogP contribution in [0.25, 0.3) is 11.1 Å². The number of aromatic nitrogens is 1. The van der Waals surface area contributed by atoms with E-state index in [0.29, 0.717) is 31.1 Å². The Morgan fingerprint density at radius 3 is 2.60 bits per heavy atom. The average molecular weight is 408 g/mol. The van der Waals surface area contributed by atoms with Crippen LogP contribution in [0, 0.1) is 0 Å². The van der Waals surface area contributed by atoms with Gasteiger partial charge in [-0.15, -0.1) is 0 Å². The monoisotopic (exact) mass is 407 g/mol. The number of benzene rings is 2. The summed E-state index contributed by atoms with van der Waals surface area (Å²) in [6, 6.07) is 16.4. The molecule has 1 aromatic heterocycles. The maximum atomic E-state index is 12.5. The Bertz CT molecular complexity index is 1050. The molecule has 1 fully saturated rings. The lowest BCUT2D eigenvalue weighted by Crippen LogP contribution is -2.44. The number of nitrogens with zero attached hydrogens (tertiary/aromatic N) is 2. The van der Waals surface area contributed by atoms with E-state index in [4.69, 9.17) is 4.42 Å². The van der Waals surface area contributed by atoms with Crippen molar-refractivity contribution in [2.24, 2.45) is 7.05 Å². The molecule has 0 unspecified atom stereocenters. The van der Waals surface area contributed by atoms with Crippen molar-refractivity contribution in [1.82, 2.24) is 14.8 Å². The first kappa shape index (κ1) is 20.3. The number of unbranched alkanes of at least 4 members (excludes halogenated alkanes) is 1. The van der Waals surface area contributed by atoms with Crippen molar-refractivity contribution < 1.29 is 9.21 Å². The van der Waals surface area contributed by atoms with E-state index in [1.807, 2.05) is 29.2 Å². The van der Waals surface area contributed by atoms with Crippen LogP contribution in [0.2, 0.25) is 0 Å². The van der Waals surface area contributed by atoms with Crippen molar-refractivity contribution in [1.29, 1.82) is 0 Å². The highest BCUT2D eigenvalue weighted by atomic mass is 16.4. The highest BCUT2D eigenvalue weighted by molar-refractivity contribution is 5.77. The van der Waals surface area contributed by atoms with Crippen LogP contribution in [0.15, 0.2) is 57.7 Å². The second-order valence-electron chi connectivity index (χ2n) is 8.06. The van der Waals surface area contributed by atoms with E-state index in [9.17, 15) is 9.59 Å². The van der Waals surface area contributed by atoms with Gasteiger partial charge in [-0.25, -0.2) is 9.59 Å². The molecule has 1 aliphatic rings. The lowest BCUT2D eigenvalue weighted by molar-refractivity contribution is 0.181. The summed E-state index contributed by atoms with van der Waals surface area (Å²) in [5, 5.41) is 3.06. The molecule has 6 nitrogen and oxygen atoms in total. The number of rotatable bonds is 6. The molecule has 0 radical (unpaired) electrons. The fourth-order valence-corrected chi connectivity index (χ4v) is 4.29. The second-order valence-corrected chi connectivity index (χ2v) is 8.06. The zero-order chi connectivity index (χ0) is 20.9. The Morgan fingerprint density at radius 2 is 1.83 bits per heavy atom. The zero-order valence-electron chi connectivity index (χ0n) is 17.5. The van der Waals surface area contributed by atoms with E-state index >= 15 is 0 Å². The molecule has 0 saturated carbocycles. The Kier molecular flexibility index (Phi) is 6.21. The van der Waals surface area contributed by atoms with Crippen molar-refractivity contribution in [3.05, 3.63) is 70.2 Å². The van der Waals surface area contributed by atoms with E-state index in [2.05, 4.69) is 29.6 Å². The summed E-state index contributed by atoms with van der Waals surface area (Å²) in [6.07, 6.45) is 4.84. The van der Waals surface area contributed by atoms with Crippen molar-refractivity contribution in [2.75, 3.05) is 19.6 Å². The van der Waals surface area contributed by atoms with E-state index in [1.165, 1.54) is 5.56 Å². The molecule has 4 rings (SSSR count). The Labute approximate surface area is 176 Å². The van der Waals surface area contributed by atoms with E-state index < -0.39 is 0 Å². The first-order chi connectivity index (χ1) is 14.6. The molecule has 6 heteroatoms. The number of carbonyl (C=O) groups is 1. The number of piperidine rings is 1. The number of amides is 2. The molecule has 1 aliphatic heterocycles. The van der Waals surface area contributed by atoms with Crippen LogP contribution in [0.5, 0.6) is 0 Å². The molecule has 0 aliphatic carbocycles. The standard InChI is InChI=1S/C24H29N3O3/c1-26-21-12-7-11-20(22(21)30-24(26)29)19-13-16-27(17-14-19)23(28)25-15-6-5-10-18-8-3-2-4-9-18/h2-4,7-9,11-12,19H,5-6,10,13-17H2,1H3,(H,25,28). The summed E-state index contributed by atoms with van der Waals surface area (Å²) >= 11 is 0. The Morgan fingerprint density at radius 1 is 1.07 bits per heavy atom. The van der Waals surface area contributed by atoms with Gasteiger partial charge >= 0.3 is 11.8 Å². The van der Waals surface area contributed by atoms with Crippen LogP contribution in [0.4, 0.5) is 4.79 Å². The van der Waals surface area contributed by atoms with Gasteiger partial charge in [0.1, 0.15) is 0 Å². The summed E-state index contributed by atoms with van der Waals surface area (Å²) in [6.45, 7) is 2.14. The third-order valence-electron chi connectivity index (χ3n) is 6.08. The molecule has 0 atom stereocenters. The molecular formula is C24H29N3O3. The molecule has 1 saturated heterocycles. The molecule has 3 aromatic rings. The average Bonchev–Trinajstić information content (AvgIpc) is 3.08. The summed E-state index contributed by atoms with van der Waals surface area (Å²) in [4.78, 5) is 26.3.